The van der Waals surface area contributed by atoms with E-state index in [9.17, 15) is 18.0 Å². The van der Waals surface area contributed by atoms with Gasteiger partial charge >= 0.3 is 0 Å². The number of amides is 1. The van der Waals surface area contributed by atoms with Crippen LogP contribution in [0.15, 0.2) is 42.7 Å². The summed E-state index contributed by atoms with van der Waals surface area (Å²) in [5.74, 6) is -4.04. The second-order valence-corrected chi connectivity index (χ2v) is 8.73. The molecule has 2 aliphatic heterocycles. The van der Waals surface area contributed by atoms with Crippen LogP contribution < -0.4 is 0 Å². The average Bonchev–Trinajstić information content (AvgIpc) is 3.39. The number of benzene rings is 1. The third kappa shape index (κ3) is 2.98. The zero-order valence-electron chi connectivity index (χ0n) is 17.8. The molecule has 2 aliphatic rings. The minimum absolute atomic E-state index is 0.0600. The van der Waals surface area contributed by atoms with Crippen molar-refractivity contribution in [1.82, 2.24) is 24.3 Å². The number of fused-ring (bicyclic) bond motifs is 5. The highest BCUT2D eigenvalue weighted by Gasteiger charge is 2.43. The van der Waals surface area contributed by atoms with Crippen molar-refractivity contribution in [1.29, 1.82) is 0 Å². The Morgan fingerprint density at radius 2 is 1.88 bits per heavy atom. The van der Waals surface area contributed by atoms with Crippen molar-refractivity contribution in [2.75, 3.05) is 0 Å². The molecule has 0 saturated carbocycles. The molecule has 1 aromatic carbocycles. The van der Waals surface area contributed by atoms with Crippen LogP contribution in [0.2, 0.25) is 0 Å². The molecule has 0 unspecified atom stereocenters. The van der Waals surface area contributed by atoms with Crippen LogP contribution >= 0.6 is 0 Å². The lowest BCUT2D eigenvalue weighted by Crippen LogP contribution is -2.49. The van der Waals surface area contributed by atoms with Gasteiger partial charge in [-0.25, -0.2) is 17.7 Å². The fourth-order valence-electron chi connectivity index (χ4n) is 5.39. The molecule has 0 N–H and O–H groups in total. The molecule has 168 valence electrons. The van der Waals surface area contributed by atoms with E-state index >= 15 is 0 Å². The molecule has 3 aromatic heterocycles. The van der Waals surface area contributed by atoms with Gasteiger partial charge in [0.25, 0.3) is 5.91 Å². The van der Waals surface area contributed by atoms with Gasteiger partial charge in [-0.05, 0) is 56.0 Å². The maximum atomic E-state index is 14.0. The molecule has 6 rings (SSSR count). The zero-order chi connectivity index (χ0) is 22.9. The number of pyridine rings is 1. The van der Waals surface area contributed by atoms with Gasteiger partial charge in [-0.15, -0.1) is 0 Å². The highest BCUT2D eigenvalue weighted by atomic mass is 19.2. The molecule has 33 heavy (non-hydrogen) atoms. The number of hydrogen-bond donors (Lipinski definition) is 0. The number of aryl methyl sites for hydroxylation is 1. The predicted octanol–water partition coefficient (Wildman–Crippen LogP) is 4.44. The Labute approximate surface area is 187 Å². The molecule has 9 heteroatoms. The molecule has 1 amide bonds. The quantitative estimate of drug-likeness (QED) is 0.424. The van der Waals surface area contributed by atoms with E-state index in [-0.39, 0.29) is 23.6 Å². The summed E-state index contributed by atoms with van der Waals surface area (Å²) in [5.41, 5.74) is 3.85. The Hall–Kier alpha value is -3.62. The first-order valence-electron chi connectivity index (χ1n) is 10.9. The summed E-state index contributed by atoms with van der Waals surface area (Å²) in [6.07, 6.45) is 6.47. The Kier molecular flexibility index (Phi) is 4.36. The van der Waals surface area contributed by atoms with Crippen molar-refractivity contribution in [2.45, 2.75) is 37.8 Å². The van der Waals surface area contributed by atoms with E-state index in [4.69, 9.17) is 0 Å². The molecule has 0 spiro atoms. The summed E-state index contributed by atoms with van der Waals surface area (Å²) in [4.78, 5) is 15.5. The monoisotopic (exact) mass is 451 g/mol. The van der Waals surface area contributed by atoms with Crippen molar-refractivity contribution in [2.24, 2.45) is 7.05 Å². The van der Waals surface area contributed by atoms with Gasteiger partial charge in [0.2, 0.25) is 0 Å². The van der Waals surface area contributed by atoms with Crippen LogP contribution in [0.4, 0.5) is 13.2 Å². The van der Waals surface area contributed by atoms with Crippen molar-refractivity contribution >= 4 is 11.4 Å². The summed E-state index contributed by atoms with van der Waals surface area (Å²) >= 11 is 0. The molecule has 0 radical (unpaired) electrons. The first-order chi connectivity index (χ1) is 15.9. The number of aromatic nitrogens is 4. The van der Waals surface area contributed by atoms with E-state index in [1.54, 1.807) is 34.7 Å². The maximum absolute atomic E-state index is 14.0. The van der Waals surface area contributed by atoms with Crippen LogP contribution in [0.25, 0.3) is 16.8 Å². The highest BCUT2D eigenvalue weighted by molar-refractivity contribution is 5.95. The summed E-state index contributed by atoms with van der Waals surface area (Å²) in [7, 11) is 1.70. The topological polar surface area (TPSA) is 55.4 Å². The van der Waals surface area contributed by atoms with Crippen molar-refractivity contribution in [3.05, 3.63) is 77.0 Å². The van der Waals surface area contributed by atoms with E-state index in [2.05, 4.69) is 10.2 Å². The first-order valence-corrected chi connectivity index (χ1v) is 10.9. The Morgan fingerprint density at radius 3 is 2.67 bits per heavy atom. The van der Waals surface area contributed by atoms with Gasteiger partial charge in [0.1, 0.15) is 0 Å². The smallest absolute Gasteiger partial charge is 0.256 e. The van der Waals surface area contributed by atoms with E-state index in [0.717, 1.165) is 48.2 Å². The third-order valence-electron chi connectivity index (χ3n) is 6.81. The van der Waals surface area contributed by atoms with E-state index in [0.29, 0.717) is 17.7 Å². The summed E-state index contributed by atoms with van der Waals surface area (Å²) in [5, 5.41) is 8.89. The number of carbonyl (C=O) groups excluding carboxylic acids is 1. The lowest BCUT2D eigenvalue weighted by atomic mass is 9.81. The maximum Gasteiger partial charge on any atom is 0.256 e. The zero-order valence-corrected chi connectivity index (χ0v) is 17.8. The molecule has 2 atom stereocenters. The first kappa shape index (κ1) is 20.0. The normalized spacial score (nSPS) is 19.7. The van der Waals surface area contributed by atoms with Gasteiger partial charge in [-0.1, -0.05) is 0 Å². The van der Waals surface area contributed by atoms with Crippen LogP contribution in [0.1, 0.15) is 46.9 Å². The van der Waals surface area contributed by atoms with E-state index in [1.807, 2.05) is 17.0 Å². The second kappa shape index (κ2) is 7.19. The fourth-order valence-corrected chi connectivity index (χ4v) is 5.39. The number of nitrogens with zero attached hydrogens (tertiary/aromatic N) is 5. The van der Waals surface area contributed by atoms with Crippen LogP contribution in [-0.2, 0) is 13.5 Å². The van der Waals surface area contributed by atoms with Gasteiger partial charge in [0.05, 0.1) is 28.5 Å². The van der Waals surface area contributed by atoms with E-state index < -0.39 is 17.5 Å². The third-order valence-corrected chi connectivity index (χ3v) is 6.81. The predicted molar refractivity (Wildman–Crippen MR) is 114 cm³/mol. The summed E-state index contributed by atoms with van der Waals surface area (Å²) in [6.45, 7) is 0. The van der Waals surface area contributed by atoms with Gasteiger partial charge in [-0.3, -0.25) is 9.48 Å². The molecule has 6 nitrogen and oxygen atoms in total. The number of halogens is 3. The Balaban J connectivity index is 1.43. The highest BCUT2D eigenvalue weighted by Crippen LogP contribution is 2.45. The van der Waals surface area contributed by atoms with Gasteiger partial charge in [0.15, 0.2) is 17.5 Å². The largest absolute Gasteiger partial charge is 0.327 e. The minimum atomic E-state index is -1.49. The van der Waals surface area contributed by atoms with Crippen LogP contribution in [-0.4, -0.2) is 36.2 Å². The second-order valence-electron chi connectivity index (χ2n) is 8.73. The summed E-state index contributed by atoms with van der Waals surface area (Å²) in [6, 6.07) is 7.25. The van der Waals surface area contributed by atoms with Crippen molar-refractivity contribution < 1.29 is 18.0 Å². The number of carbonyl (C=O) groups is 1. The molecule has 0 aliphatic carbocycles. The van der Waals surface area contributed by atoms with Crippen LogP contribution in [0.3, 0.4) is 0 Å². The van der Waals surface area contributed by atoms with Crippen LogP contribution in [0, 0.1) is 17.5 Å². The van der Waals surface area contributed by atoms with Crippen molar-refractivity contribution in [3.63, 3.8) is 0 Å². The molecule has 1 fully saturated rings. The molecule has 1 saturated heterocycles. The standard InChI is InChI=1S/C24H20F3N5O/c1-30-23(14-9-18(25)21(27)19(26)10-14)17-11-16-3-2-4-20(22(17)29-30)32(16)24(33)13-5-6-15-7-8-28-31(15)12-13/h5-10,12,16,20H,2-4,11H2,1H3/t16-,20+/m0/s1. The number of rotatable bonds is 2. The fraction of sp³-hybridized carbons (Fsp3) is 0.292. The molecular formula is C24H20F3N5O. The minimum Gasteiger partial charge on any atom is -0.327 e. The lowest BCUT2D eigenvalue weighted by Gasteiger charge is -2.45. The van der Waals surface area contributed by atoms with Gasteiger partial charge in [0, 0.05) is 36.6 Å². The van der Waals surface area contributed by atoms with Crippen LogP contribution in [0.5, 0.6) is 0 Å². The average molecular weight is 451 g/mol. The number of hydrogen-bond acceptors (Lipinski definition) is 3. The molecular weight excluding hydrogens is 431 g/mol. The van der Waals surface area contributed by atoms with Gasteiger partial charge in [-0.2, -0.15) is 10.2 Å². The summed E-state index contributed by atoms with van der Waals surface area (Å²) < 4.78 is 44.7. The Bertz CT molecular complexity index is 1400. The molecule has 4 aromatic rings. The molecule has 2 bridgehead atoms. The van der Waals surface area contributed by atoms with Crippen molar-refractivity contribution in [3.8, 4) is 11.3 Å². The van der Waals surface area contributed by atoms with E-state index in [1.165, 1.54) is 0 Å². The SMILES string of the molecule is Cn1nc2c(c1-c1cc(F)c(F)c(F)c1)C[C@@H]1CCC[C@H]2N1C(=O)c1ccc2ccnn2c1. The Morgan fingerprint density at radius 1 is 1.09 bits per heavy atom. The molecule has 5 heterocycles. The van der Waals surface area contributed by atoms with Gasteiger partial charge < -0.3 is 4.90 Å². The lowest BCUT2D eigenvalue weighted by molar-refractivity contribution is 0.0391. The number of piperidine rings is 1.